The van der Waals surface area contributed by atoms with Gasteiger partial charge in [-0.05, 0) is 63.9 Å². The maximum atomic E-state index is 12.3. The summed E-state index contributed by atoms with van der Waals surface area (Å²) in [6, 6.07) is 10.5. The molecule has 0 aliphatic carbocycles. The van der Waals surface area contributed by atoms with Crippen LogP contribution in [-0.2, 0) is 19.1 Å². The zero-order valence-corrected chi connectivity index (χ0v) is 22.2. The van der Waals surface area contributed by atoms with Crippen LogP contribution >= 0.6 is 11.6 Å². The first-order chi connectivity index (χ1) is 17.7. The van der Waals surface area contributed by atoms with Gasteiger partial charge in [0.2, 0.25) is 0 Å². The number of hydrogen-bond donors (Lipinski definition) is 3. The third kappa shape index (κ3) is 10.9. The molecular weight excluding hydrogens is 500 g/mol. The van der Waals surface area contributed by atoms with Gasteiger partial charge in [-0.3, -0.25) is 14.4 Å². The Kier molecular flexibility index (Phi) is 12.4. The molecule has 10 nitrogen and oxygen atoms in total. The third-order valence-corrected chi connectivity index (χ3v) is 4.94. The van der Waals surface area contributed by atoms with Crippen LogP contribution in [-0.4, -0.2) is 56.4 Å². The molecule has 0 unspecified atom stereocenters. The number of amides is 3. The van der Waals surface area contributed by atoms with Crippen molar-refractivity contribution in [3.05, 3.63) is 52.5 Å². The smallest absolute Gasteiger partial charge is 0.329 e. The molecule has 2 aromatic carbocycles. The maximum Gasteiger partial charge on any atom is 0.329 e. The molecule has 2 aromatic rings. The number of aryl methyl sites for hydroxylation is 1. The first-order valence-corrected chi connectivity index (χ1v) is 12.3. The van der Waals surface area contributed by atoms with E-state index >= 15 is 0 Å². The molecule has 3 N–H and O–H groups in total. The maximum absolute atomic E-state index is 12.3. The van der Waals surface area contributed by atoms with Crippen LogP contribution in [0.2, 0.25) is 5.02 Å². The average Bonchev–Trinajstić information content (AvgIpc) is 2.84. The molecule has 11 heteroatoms. The number of halogens is 1. The van der Waals surface area contributed by atoms with Gasteiger partial charge in [0.25, 0.3) is 5.91 Å². The predicted molar refractivity (Wildman–Crippen MR) is 142 cm³/mol. The lowest BCUT2D eigenvalue weighted by Gasteiger charge is -2.14. The van der Waals surface area contributed by atoms with Gasteiger partial charge in [-0.1, -0.05) is 29.3 Å². The van der Waals surface area contributed by atoms with Crippen molar-refractivity contribution in [2.24, 2.45) is 5.10 Å². The van der Waals surface area contributed by atoms with E-state index in [9.17, 15) is 14.4 Å². The molecule has 2 rings (SSSR count). The summed E-state index contributed by atoms with van der Waals surface area (Å²) < 4.78 is 16.6. The minimum Gasteiger partial charge on any atom is -0.490 e. The van der Waals surface area contributed by atoms with Crippen LogP contribution in [0.5, 0.6) is 11.5 Å². The monoisotopic (exact) mass is 532 g/mol. The fraction of sp³-hybridized carbons (Fsp3) is 0.385. The fourth-order valence-electron chi connectivity index (χ4n) is 2.93. The van der Waals surface area contributed by atoms with E-state index in [1.54, 1.807) is 25.1 Å². The van der Waals surface area contributed by atoms with Crippen molar-refractivity contribution in [1.29, 1.82) is 0 Å². The molecule has 200 valence electrons. The van der Waals surface area contributed by atoms with Gasteiger partial charge >= 0.3 is 11.8 Å². The molecular formula is C26H33ClN4O6. The second-order valence-corrected chi connectivity index (χ2v) is 8.60. The van der Waals surface area contributed by atoms with Crippen LogP contribution in [0.15, 0.2) is 41.5 Å². The summed E-state index contributed by atoms with van der Waals surface area (Å²) in [6.45, 7) is 8.41. The molecule has 0 aliphatic rings. The minimum absolute atomic E-state index is 0.106. The van der Waals surface area contributed by atoms with E-state index in [1.165, 1.54) is 12.3 Å². The van der Waals surface area contributed by atoms with E-state index in [0.29, 0.717) is 43.2 Å². The summed E-state index contributed by atoms with van der Waals surface area (Å²) in [4.78, 5) is 36.0. The number of carbonyl (C=O) groups is 3. The van der Waals surface area contributed by atoms with Gasteiger partial charge in [0.1, 0.15) is 0 Å². The first-order valence-electron chi connectivity index (χ1n) is 11.9. The minimum atomic E-state index is -0.906. The lowest BCUT2D eigenvalue weighted by atomic mass is 10.2. The van der Waals surface area contributed by atoms with E-state index in [1.807, 2.05) is 32.9 Å². The quantitative estimate of drug-likeness (QED) is 0.157. The van der Waals surface area contributed by atoms with Gasteiger partial charge in [-0.25, -0.2) is 5.43 Å². The van der Waals surface area contributed by atoms with E-state index in [2.05, 4.69) is 21.2 Å². The largest absolute Gasteiger partial charge is 0.490 e. The molecule has 0 saturated carbocycles. The highest BCUT2D eigenvalue weighted by molar-refractivity contribution is 6.35. The van der Waals surface area contributed by atoms with Crippen molar-refractivity contribution in [3.63, 3.8) is 0 Å². The Labute approximate surface area is 221 Å². The highest BCUT2D eigenvalue weighted by Crippen LogP contribution is 2.36. The summed E-state index contributed by atoms with van der Waals surface area (Å²) in [5.41, 5.74) is 4.38. The molecule has 0 heterocycles. The Bertz CT molecular complexity index is 1090. The van der Waals surface area contributed by atoms with E-state index in [-0.39, 0.29) is 29.4 Å². The van der Waals surface area contributed by atoms with Gasteiger partial charge in [0, 0.05) is 18.8 Å². The van der Waals surface area contributed by atoms with Crippen molar-refractivity contribution >= 4 is 41.2 Å². The normalized spacial score (nSPS) is 10.9. The highest BCUT2D eigenvalue weighted by atomic mass is 35.5. The molecule has 0 aliphatic heterocycles. The summed E-state index contributed by atoms with van der Waals surface area (Å²) in [7, 11) is 0. The molecule has 3 amide bonds. The lowest BCUT2D eigenvalue weighted by Crippen LogP contribution is -2.38. The number of nitrogens with zero attached hydrogens (tertiary/aromatic N) is 1. The van der Waals surface area contributed by atoms with E-state index in [4.69, 9.17) is 25.8 Å². The second kappa shape index (κ2) is 15.5. The Hall–Kier alpha value is -3.63. The van der Waals surface area contributed by atoms with Gasteiger partial charge in [0.05, 0.1) is 23.9 Å². The van der Waals surface area contributed by atoms with Crippen molar-refractivity contribution < 1.29 is 28.6 Å². The number of ether oxygens (including phenoxy) is 3. The molecule has 0 aromatic heterocycles. The topological polar surface area (TPSA) is 127 Å². The highest BCUT2D eigenvalue weighted by Gasteiger charge is 2.15. The number of hydrazone groups is 1. The number of hydrogen-bond acceptors (Lipinski definition) is 7. The SMILES string of the molecule is CCOc1cc(/C=N\NC(=O)C(=O)NCCCOC(C)C)cc(Cl)c1OCC(=O)Nc1ccc(C)cc1. The molecule has 37 heavy (non-hydrogen) atoms. The second-order valence-electron chi connectivity index (χ2n) is 8.19. The molecule has 0 radical (unpaired) electrons. The van der Waals surface area contributed by atoms with Crippen LogP contribution in [0.25, 0.3) is 0 Å². The number of nitrogens with one attached hydrogen (secondary N) is 3. The molecule has 0 bridgehead atoms. The number of rotatable bonds is 13. The summed E-state index contributed by atoms with van der Waals surface area (Å²) in [6.07, 6.45) is 2.00. The van der Waals surface area contributed by atoms with Crippen LogP contribution in [0, 0.1) is 6.92 Å². The van der Waals surface area contributed by atoms with Crippen molar-refractivity contribution in [2.75, 3.05) is 31.7 Å². The lowest BCUT2D eigenvalue weighted by molar-refractivity contribution is -0.139. The van der Waals surface area contributed by atoms with Crippen molar-refractivity contribution in [3.8, 4) is 11.5 Å². The first kappa shape index (κ1) is 29.6. The molecule has 0 atom stereocenters. The molecule has 0 spiro atoms. The summed E-state index contributed by atoms with van der Waals surface area (Å²) in [5.74, 6) is -1.57. The predicted octanol–water partition coefficient (Wildman–Crippen LogP) is 3.45. The summed E-state index contributed by atoms with van der Waals surface area (Å²) >= 11 is 6.37. The van der Waals surface area contributed by atoms with E-state index < -0.39 is 11.8 Å². The molecule has 0 saturated heterocycles. The van der Waals surface area contributed by atoms with Crippen molar-refractivity contribution in [2.45, 2.75) is 40.2 Å². The van der Waals surface area contributed by atoms with Crippen LogP contribution < -0.4 is 25.5 Å². The Morgan fingerprint density at radius 2 is 1.81 bits per heavy atom. The van der Waals surface area contributed by atoms with Crippen molar-refractivity contribution in [1.82, 2.24) is 10.7 Å². The Balaban J connectivity index is 1.92. The van der Waals surface area contributed by atoms with E-state index in [0.717, 1.165) is 5.56 Å². The Morgan fingerprint density at radius 1 is 1.08 bits per heavy atom. The van der Waals surface area contributed by atoms with Gasteiger partial charge < -0.3 is 24.8 Å². The third-order valence-electron chi connectivity index (χ3n) is 4.66. The van der Waals surface area contributed by atoms with Crippen LogP contribution in [0.1, 0.15) is 38.3 Å². The number of benzene rings is 2. The Morgan fingerprint density at radius 3 is 2.49 bits per heavy atom. The number of anilines is 1. The van der Waals surface area contributed by atoms with Gasteiger partial charge in [-0.2, -0.15) is 5.10 Å². The van der Waals surface area contributed by atoms with Crippen LogP contribution in [0.3, 0.4) is 0 Å². The van der Waals surface area contributed by atoms with Crippen LogP contribution in [0.4, 0.5) is 5.69 Å². The summed E-state index contributed by atoms with van der Waals surface area (Å²) in [5, 5.41) is 9.22. The molecule has 0 fully saturated rings. The zero-order valence-electron chi connectivity index (χ0n) is 21.4. The average molecular weight is 533 g/mol. The fourth-order valence-corrected chi connectivity index (χ4v) is 3.20. The van der Waals surface area contributed by atoms with Gasteiger partial charge in [0.15, 0.2) is 18.1 Å². The van der Waals surface area contributed by atoms with Gasteiger partial charge in [-0.15, -0.1) is 0 Å². The number of carbonyl (C=O) groups excluding carboxylic acids is 3. The standard InChI is InChI=1S/C26H33ClN4O6/c1-5-35-22-14-19(15-29-31-26(34)25(33)28-11-6-12-36-17(2)3)13-21(27)24(22)37-16-23(32)30-20-9-7-18(4)8-10-20/h7-10,13-15,17H,5-6,11-12,16H2,1-4H3,(H,28,33)(H,30,32)(H,31,34)/b29-15-. The zero-order chi connectivity index (χ0) is 27.2.